The predicted octanol–water partition coefficient (Wildman–Crippen LogP) is 5.51. The number of carbonyl (C=O) groups excluding carboxylic acids is 2. The molecule has 15 heteroatoms. The van der Waals surface area contributed by atoms with E-state index in [1.807, 2.05) is 0 Å². The van der Waals surface area contributed by atoms with Crippen LogP contribution >= 0.6 is 63.7 Å². The van der Waals surface area contributed by atoms with Gasteiger partial charge in [-0.25, -0.2) is 10.9 Å². The molecule has 0 saturated heterocycles. The van der Waals surface area contributed by atoms with E-state index in [1.165, 1.54) is 36.7 Å². The number of phenols is 2. The molecule has 0 aliphatic carbocycles. The maximum absolute atomic E-state index is 11.8. The van der Waals surface area contributed by atoms with Crippen molar-refractivity contribution in [3.63, 3.8) is 0 Å². The summed E-state index contributed by atoms with van der Waals surface area (Å²) in [6.07, 6.45) is 2.49. The standard InChI is InChI=1S/2C14H10Br2N2O3.Mn/c2*15-9-5-8(13(20)11(16)6-9)7-17-18-14(21)10-3-1-2-4-12(10)19;/h2*1-7,19-20H,(H,18,21);/q;;+2/p-2/b2*17-7-;. The van der Waals surface area contributed by atoms with Crippen LogP contribution in [0.25, 0.3) is 0 Å². The second-order valence-electron chi connectivity index (χ2n) is 8.04. The van der Waals surface area contributed by atoms with Crippen molar-refractivity contribution in [2.24, 2.45) is 10.2 Å². The number of hydrazone groups is 2. The number of phenolic OH excluding ortho intramolecular Hbond substituents is 2. The fraction of sp³-hybridized carbons (Fsp3) is 0. The molecule has 0 heterocycles. The molecule has 0 aliphatic heterocycles. The Hall–Kier alpha value is -3.20. The summed E-state index contributed by atoms with van der Waals surface area (Å²) >= 11 is 12.8. The van der Waals surface area contributed by atoms with Gasteiger partial charge in [-0.3, -0.25) is 9.59 Å². The number of hydrogen-bond acceptors (Lipinski definition) is 8. The zero-order valence-electron chi connectivity index (χ0n) is 21.4. The number of halogens is 4. The maximum atomic E-state index is 11.8. The summed E-state index contributed by atoms with van der Waals surface area (Å²) in [6, 6.07) is 18.6. The number of hydrogen-bond donors (Lipinski definition) is 4. The average Bonchev–Trinajstić information content (AvgIpc) is 2.94. The number of carbonyl (C=O) groups is 2. The predicted molar refractivity (Wildman–Crippen MR) is 169 cm³/mol. The summed E-state index contributed by atoms with van der Waals surface area (Å²) < 4.78 is 2.21. The molecule has 4 rings (SSSR count). The summed E-state index contributed by atoms with van der Waals surface area (Å²) in [5.41, 5.74) is 5.35. The van der Waals surface area contributed by atoms with Crippen LogP contribution in [0, 0.1) is 0 Å². The first kappa shape index (κ1) is 36.0. The van der Waals surface area contributed by atoms with Crippen LogP contribution in [-0.4, -0.2) is 34.5 Å². The van der Waals surface area contributed by atoms with E-state index in [4.69, 9.17) is 0 Å². The van der Waals surface area contributed by atoms with E-state index in [2.05, 4.69) is 84.8 Å². The Morgan fingerprint density at radius 2 is 1.00 bits per heavy atom. The van der Waals surface area contributed by atoms with Crippen LogP contribution < -0.4 is 21.1 Å². The number of nitrogens with one attached hydrogen (secondary N) is 2. The fourth-order valence-electron chi connectivity index (χ4n) is 3.12. The Balaban J connectivity index is 0.000000293. The van der Waals surface area contributed by atoms with Crippen molar-refractivity contribution in [3.05, 3.63) is 113 Å². The summed E-state index contributed by atoms with van der Waals surface area (Å²) in [5.74, 6) is -1.88. The molecule has 4 N–H and O–H groups in total. The van der Waals surface area contributed by atoms with Crippen LogP contribution in [0.1, 0.15) is 31.8 Å². The van der Waals surface area contributed by atoms with Gasteiger partial charge in [-0.2, -0.15) is 10.2 Å². The zero-order valence-corrected chi connectivity index (χ0v) is 28.9. The van der Waals surface area contributed by atoms with Crippen molar-refractivity contribution in [2.45, 2.75) is 0 Å². The minimum Gasteiger partial charge on any atom is -0.871 e. The molecule has 4 aromatic carbocycles. The maximum Gasteiger partial charge on any atom is 2.00 e. The van der Waals surface area contributed by atoms with Gasteiger partial charge < -0.3 is 20.4 Å². The summed E-state index contributed by atoms with van der Waals surface area (Å²) in [5, 5.41) is 50.1. The van der Waals surface area contributed by atoms with Gasteiger partial charge >= 0.3 is 17.1 Å². The largest absolute Gasteiger partial charge is 2.00 e. The number of rotatable bonds is 6. The molecule has 1 radical (unpaired) electrons. The average molecular weight is 881 g/mol. The van der Waals surface area contributed by atoms with Crippen molar-refractivity contribution in [1.29, 1.82) is 0 Å². The van der Waals surface area contributed by atoms with Gasteiger partial charge in [0, 0.05) is 17.9 Å². The normalized spacial score (nSPS) is 10.5. The number of para-hydroxylation sites is 2. The molecule has 0 atom stereocenters. The molecule has 0 bridgehead atoms. The number of benzene rings is 4. The van der Waals surface area contributed by atoms with Gasteiger partial charge in [0.15, 0.2) is 0 Å². The second kappa shape index (κ2) is 17.2. The zero-order chi connectivity index (χ0) is 30.8. The molecule has 0 spiro atoms. The van der Waals surface area contributed by atoms with Crippen LogP contribution in [0.15, 0.2) is 101 Å². The first-order valence-electron chi connectivity index (χ1n) is 11.5. The van der Waals surface area contributed by atoms with Crippen LogP contribution in [0.5, 0.6) is 23.0 Å². The quantitative estimate of drug-likeness (QED) is 0.113. The fourth-order valence-corrected chi connectivity index (χ4v) is 5.64. The number of amides is 2. The smallest absolute Gasteiger partial charge is 0.871 e. The Kier molecular flexibility index (Phi) is 14.4. The van der Waals surface area contributed by atoms with E-state index in [0.717, 1.165) is 0 Å². The Morgan fingerprint density at radius 1 is 0.651 bits per heavy atom. The number of aromatic hydroxyl groups is 2. The molecule has 221 valence electrons. The summed E-state index contributed by atoms with van der Waals surface area (Å²) in [4.78, 5) is 23.6. The van der Waals surface area contributed by atoms with Gasteiger partial charge in [0.1, 0.15) is 11.5 Å². The van der Waals surface area contributed by atoms with Gasteiger partial charge in [0.2, 0.25) is 0 Å². The van der Waals surface area contributed by atoms with Crippen LogP contribution in [0.4, 0.5) is 0 Å². The number of nitrogens with zero attached hydrogens (tertiary/aromatic N) is 2. The van der Waals surface area contributed by atoms with Crippen molar-refractivity contribution in [2.75, 3.05) is 0 Å². The Labute approximate surface area is 289 Å². The molecule has 0 saturated carbocycles. The van der Waals surface area contributed by atoms with E-state index in [1.54, 1.807) is 48.5 Å². The Morgan fingerprint density at radius 3 is 1.35 bits per heavy atom. The molecule has 0 unspecified atom stereocenters. The molecular weight excluding hydrogens is 863 g/mol. The monoisotopic (exact) mass is 877 g/mol. The van der Waals surface area contributed by atoms with Crippen LogP contribution in [-0.2, 0) is 17.1 Å². The van der Waals surface area contributed by atoms with E-state index in [-0.39, 0.29) is 51.2 Å². The Bertz CT molecular complexity index is 1560. The molecule has 0 aliphatic rings. The van der Waals surface area contributed by atoms with Crippen molar-refractivity contribution >= 4 is 88.0 Å². The minimum absolute atomic E-state index is 0. The first-order valence-corrected chi connectivity index (χ1v) is 14.7. The van der Waals surface area contributed by atoms with E-state index in [9.17, 15) is 30.0 Å². The molecule has 43 heavy (non-hydrogen) atoms. The van der Waals surface area contributed by atoms with Crippen molar-refractivity contribution < 1.29 is 47.1 Å². The van der Waals surface area contributed by atoms with Crippen molar-refractivity contribution in [3.8, 4) is 23.0 Å². The molecule has 2 amide bonds. The third-order valence-electron chi connectivity index (χ3n) is 5.11. The molecule has 4 aromatic rings. The van der Waals surface area contributed by atoms with Gasteiger partial charge in [-0.15, -0.1) is 0 Å². The van der Waals surface area contributed by atoms with Crippen LogP contribution in [0.2, 0.25) is 0 Å². The molecule has 0 aromatic heterocycles. The molecule has 0 fully saturated rings. The van der Waals surface area contributed by atoms with E-state index >= 15 is 0 Å². The van der Waals surface area contributed by atoms with E-state index in [0.29, 0.717) is 29.0 Å². The van der Waals surface area contributed by atoms with E-state index < -0.39 is 11.8 Å². The van der Waals surface area contributed by atoms with Gasteiger partial charge in [0.05, 0.1) is 23.6 Å². The van der Waals surface area contributed by atoms with Gasteiger partial charge in [0.25, 0.3) is 11.8 Å². The van der Waals surface area contributed by atoms with Gasteiger partial charge in [-0.1, -0.05) is 99.5 Å². The van der Waals surface area contributed by atoms with Crippen molar-refractivity contribution in [1.82, 2.24) is 10.9 Å². The van der Waals surface area contributed by atoms with Gasteiger partial charge in [-0.05, 0) is 59.7 Å². The molecule has 10 nitrogen and oxygen atoms in total. The summed E-state index contributed by atoms with van der Waals surface area (Å²) in [6.45, 7) is 0. The minimum atomic E-state index is -0.564. The topological polar surface area (TPSA) is 169 Å². The third-order valence-corrected chi connectivity index (χ3v) is 7.20. The SMILES string of the molecule is O=C(N/N=C\c1cc(Br)cc(Br)c1[O-])c1ccccc1O.O=C(N/N=C\c1cc(Br)cc(Br)c1[O-])c1ccccc1O.[Mn+2]. The first-order chi connectivity index (χ1) is 20.0. The second-order valence-corrected chi connectivity index (χ2v) is 11.6. The summed E-state index contributed by atoms with van der Waals surface area (Å²) in [7, 11) is 0. The third kappa shape index (κ3) is 10.5. The molecular formula is C28H18Br4MnN4O6. The van der Waals surface area contributed by atoms with Crippen LogP contribution in [0.3, 0.4) is 0 Å².